The molecule has 0 N–H and O–H groups in total. The van der Waals surface area contributed by atoms with Gasteiger partial charge in [-0.3, -0.25) is 4.79 Å². The van der Waals surface area contributed by atoms with Gasteiger partial charge < -0.3 is 9.47 Å². The van der Waals surface area contributed by atoms with Crippen molar-refractivity contribution in [3.05, 3.63) is 63.2 Å². The van der Waals surface area contributed by atoms with E-state index in [-0.39, 0.29) is 24.2 Å². The number of carbonyl (C=O) groups excluding carboxylic acids is 1. The minimum atomic E-state index is -4.57. The van der Waals surface area contributed by atoms with E-state index in [4.69, 9.17) is 16.3 Å². The van der Waals surface area contributed by atoms with Crippen molar-refractivity contribution in [1.29, 1.82) is 0 Å². The first-order chi connectivity index (χ1) is 12.7. The van der Waals surface area contributed by atoms with Gasteiger partial charge in [0.2, 0.25) is 0 Å². The van der Waals surface area contributed by atoms with E-state index < -0.39 is 17.7 Å². The molecule has 3 nitrogen and oxygen atoms in total. The number of carbonyl (C=O) groups is 1. The maximum Gasteiger partial charge on any atom is 0.416 e. The van der Waals surface area contributed by atoms with Crippen LogP contribution in [0.4, 0.5) is 13.2 Å². The Kier molecular flexibility index (Phi) is 6.76. The normalized spacial score (nSPS) is 11.4. The van der Waals surface area contributed by atoms with Crippen LogP contribution in [0.15, 0.2) is 30.3 Å². The molecule has 0 unspecified atom stereocenters. The zero-order chi connectivity index (χ0) is 20.2. The summed E-state index contributed by atoms with van der Waals surface area (Å²) in [5.41, 5.74) is 1.23. The number of benzene rings is 2. The Morgan fingerprint density at radius 1 is 1.19 bits per heavy atom. The predicted octanol–water partition coefficient (Wildman–Crippen LogP) is 5.52. The number of ether oxygens (including phenoxy) is 2. The van der Waals surface area contributed by atoms with Crippen LogP contribution in [0, 0.1) is 6.92 Å². The third-order valence-electron chi connectivity index (χ3n) is 4.28. The minimum absolute atomic E-state index is 0.108. The second-order valence-corrected chi connectivity index (χ2v) is 6.45. The highest BCUT2D eigenvalue weighted by molar-refractivity contribution is 6.32. The second kappa shape index (κ2) is 8.65. The monoisotopic (exact) mass is 400 g/mol. The molecule has 7 heteroatoms. The van der Waals surface area contributed by atoms with Crippen LogP contribution in [0.25, 0.3) is 0 Å². The van der Waals surface area contributed by atoms with E-state index in [1.54, 1.807) is 12.1 Å². The molecule has 0 atom stereocenters. The largest absolute Gasteiger partial charge is 0.487 e. The lowest BCUT2D eigenvalue weighted by Crippen LogP contribution is -2.15. The fourth-order valence-electron chi connectivity index (χ4n) is 2.80. The number of rotatable bonds is 6. The zero-order valence-corrected chi connectivity index (χ0v) is 16.0. The van der Waals surface area contributed by atoms with E-state index in [1.165, 1.54) is 19.2 Å². The smallest absolute Gasteiger partial charge is 0.416 e. The highest BCUT2D eigenvalue weighted by Gasteiger charge is 2.34. The average Bonchev–Trinajstić information content (AvgIpc) is 2.61. The van der Waals surface area contributed by atoms with Gasteiger partial charge in [-0.2, -0.15) is 13.2 Å². The number of aryl methyl sites for hydroxylation is 2. The van der Waals surface area contributed by atoms with Crippen molar-refractivity contribution in [3.63, 3.8) is 0 Å². The molecule has 0 saturated heterocycles. The lowest BCUT2D eigenvalue weighted by atomic mass is 9.98. The summed E-state index contributed by atoms with van der Waals surface area (Å²) in [6.07, 6.45) is -4.07. The zero-order valence-electron chi connectivity index (χ0n) is 15.2. The molecule has 0 amide bonds. The van der Waals surface area contributed by atoms with Crippen LogP contribution in [-0.2, 0) is 35.2 Å². The lowest BCUT2D eigenvalue weighted by Gasteiger charge is -2.18. The maximum atomic E-state index is 13.4. The molecule has 2 rings (SSSR count). The third kappa shape index (κ3) is 5.16. The molecule has 0 aliphatic heterocycles. The van der Waals surface area contributed by atoms with Crippen LogP contribution in [0.2, 0.25) is 5.02 Å². The van der Waals surface area contributed by atoms with Crippen molar-refractivity contribution in [1.82, 2.24) is 0 Å². The van der Waals surface area contributed by atoms with Gasteiger partial charge in [-0.15, -0.1) is 0 Å². The SMILES string of the molecule is CCc1cc(Cl)c(OCc2c(CC(=O)OC)cccc2C(F)(F)F)cc1C. The number of hydrogen-bond acceptors (Lipinski definition) is 3. The Morgan fingerprint density at radius 3 is 2.48 bits per heavy atom. The fraction of sp³-hybridized carbons (Fsp3) is 0.350. The molecule has 0 fully saturated rings. The summed E-state index contributed by atoms with van der Waals surface area (Å²) in [5, 5.41) is 0.330. The van der Waals surface area contributed by atoms with Crippen molar-refractivity contribution in [2.75, 3.05) is 7.11 Å². The van der Waals surface area contributed by atoms with E-state index in [0.29, 0.717) is 10.8 Å². The summed E-state index contributed by atoms with van der Waals surface area (Å²) in [4.78, 5) is 11.6. The third-order valence-corrected chi connectivity index (χ3v) is 4.58. The van der Waals surface area contributed by atoms with Crippen LogP contribution in [0.1, 0.15) is 34.7 Å². The van der Waals surface area contributed by atoms with Crippen LogP contribution >= 0.6 is 11.6 Å². The molecule has 146 valence electrons. The molecule has 0 aromatic heterocycles. The van der Waals surface area contributed by atoms with Crippen LogP contribution in [0.5, 0.6) is 5.75 Å². The summed E-state index contributed by atoms with van der Waals surface area (Å²) in [5.74, 6) is -0.330. The van der Waals surface area contributed by atoms with Gasteiger partial charge in [0.15, 0.2) is 0 Å². The van der Waals surface area contributed by atoms with Crippen molar-refractivity contribution in [3.8, 4) is 5.75 Å². The van der Waals surface area contributed by atoms with E-state index in [1.807, 2.05) is 13.8 Å². The minimum Gasteiger partial charge on any atom is -0.487 e. The molecule has 2 aromatic rings. The highest BCUT2D eigenvalue weighted by atomic mass is 35.5. The molecule has 0 heterocycles. The van der Waals surface area contributed by atoms with E-state index in [2.05, 4.69) is 4.74 Å². The molecule has 27 heavy (non-hydrogen) atoms. The molecule has 0 aliphatic carbocycles. The number of alkyl halides is 3. The van der Waals surface area contributed by atoms with Gasteiger partial charge in [-0.25, -0.2) is 0 Å². The maximum absolute atomic E-state index is 13.4. The molecular formula is C20H20ClF3O3. The van der Waals surface area contributed by atoms with E-state index >= 15 is 0 Å². The van der Waals surface area contributed by atoms with E-state index in [9.17, 15) is 18.0 Å². The van der Waals surface area contributed by atoms with Gasteiger partial charge in [-0.1, -0.05) is 30.7 Å². The summed E-state index contributed by atoms with van der Waals surface area (Å²) < 4.78 is 50.4. The lowest BCUT2D eigenvalue weighted by molar-refractivity contribution is -0.141. The standard InChI is InChI=1S/C20H20ClF3O3/c1-4-13-9-17(21)18(8-12(13)2)27-11-15-14(10-19(25)26-3)6-5-7-16(15)20(22,23)24/h5-9H,4,10-11H2,1-3H3. The fourth-order valence-corrected chi connectivity index (χ4v) is 3.04. The molecule has 0 bridgehead atoms. The van der Waals surface area contributed by atoms with Crippen LogP contribution in [-0.4, -0.2) is 13.1 Å². The first kappa shape index (κ1) is 21.1. The Hall–Kier alpha value is -2.21. The first-order valence-corrected chi connectivity index (χ1v) is 8.71. The van der Waals surface area contributed by atoms with Crippen LogP contribution < -0.4 is 4.74 Å². The summed E-state index contributed by atoms with van der Waals surface area (Å²) in [6.45, 7) is 3.50. The molecule has 0 radical (unpaired) electrons. The molecular weight excluding hydrogens is 381 g/mol. The van der Waals surface area contributed by atoms with Gasteiger partial charge >= 0.3 is 12.1 Å². The van der Waals surface area contributed by atoms with E-state index in [0.717, 1.165) is 23.6 Å². The summed E-state index contributed by atoms with van der Waals surface area (Å²) in [7, 11) is 1.18. The van der Waals surface area contributed by atoms with Crippen LogP contribution in [0.3, 0.4) is 0 Å². The van der Waals surface area contributed by atoms with Crippen molar-refractivity contribution in [2.45, 2.75) is 39.5 Å². The topological polar surface area (TPSA) is 35.5 Å². The quantitative estimate of drug-likeness (QED) is 0.598. The number of esters is 1. The van der Waals surface area contributed by atoms with Gasteiger partial charge in [0.1, 0.15) is 12.4 Å². The average molecular weight is 401 g/mol. The molecule has 2 aromatic carbocycles. The molecule has 0 spiro atoms. The molecule has 0 aliphatic rings. The molecule has 0 saturated carbocycles. The van der Waals surface area contributed by atoms with Crippen molar-refractivity contribution < 1.29 is 27.4 Å². The number of halogens is 4. The Balaban J connectivity index is 2.39. The highest BCUT2D eigenvalue weighted by Crippen LogP contribution is 2.35. The van der Waals surface area contributed by atoms with Gasteiger partial charge in [0, 0.05) is 5.56 Å². The summed E-state index contributed by atoms with van der Waals surface area (Å²) in [6, 6.07) is 7.14. The number of methoxy groups -OCH3 is 1. The van der Waals surface area contributed by atoms with Crippen molar-refractivity contribution in [2.24, 2.45) is 0 Å². The van der Waals surface area contributed by atoms with Crippen molar-refractivity contribution >= 4 is 17.6 Å². The second-order valence-electron chi connectivity index (χ2n) is 6.05. The Morgan fingerprint density at radius 2 is 1.89 bits per heavy atom. The number of hydrogen-bond donors (Lipinski definition) is 0. The Labute approximate surface area is 161 Å². The first-order valence-electron chi connectivity index (χ1n) is 8.34. The van der Waals surface area contributed by atoms with Gasteiger partial charge in [0.05, 0.1) is 24.1 Å². The van der Waals surface area contributed by atoms with Gasteiger partial charge in [0.25, 0.3) is 0 Å². The Bertz CT molecular complexity index is 832. The van der Waals surface area contributed by atoms with Gasteiger partial charge in [-0.05, 0) is 48.2 Å². The summed E-state index contributed by atoms with van der Waals surface area (Å²) >= 11 is 6.20. The predicted molar refractivity (Wildman–Crippen MR) is 97.1 cm³/mol.